The van der Waals surface area contributed by atoms with Gasteiger partial charge in [-0.3, -0.25) is 0 Å². The summed E-state index contributed by atoms with van der Waals surface area (Å²) in [7, 11) is 0. The molecule has 4 heteroatoms. The Bertz CT molecular complexity index is 709. The van der Waals surface area contributed by atoms with Gasteiger partial charge >= 0.3 is 6.09 Å². The van der Waals surface area contributed by atoms with Crippen LogP contribution in [0.15, 0.2) is 48.5 Å². The van der Waals surface area contributed by atoms with E-state index >= 15 is 0 Å². The van der Waals surface area contributed by atoms with E-state index in [0.29, 0.717) is 6.42 Å². The topological polar surface area (TPSA) is 58.6 Å². The number of amides is 1. The Hall–Kier alpha value is -2.33. The number of rotatable bonds is 6. The maximum Gasteiger partial charge on any atom is 0.407 e. The second-order valence-electron chi connectivity index (χ2n) is 6.93. The van der Waals surface area contributed by atoms with Crippen LogP contribution in [0.3, 0.4) is 0 Å². The Morgan fingerprint density at radius 3 is 2.24 bits per heavy atom. The number of aliphatic hydroxyl groups is 1. The van der Waals surface area contributed by atoms with Crippen molar-refractivity contribution in [2.45, 2.75) is 38.2 Å². The molecule has 1 amide bonds. The second-order valence-corrected chi connectivity index (χ2v) is 6.93. The molecule has 0 saturated carbocycles. The standard InChI is InChI=1S/C21H25NO3/c1-3-12-21(2,24)14-22-20(23)25-13-19-17-10-6-4-8-15(17)16-9-5-7-11-18(16)19/h4-11,19,24H,3,12-14H2,1-2H3,(H,22,23). The molecule has 0 radical (unpaired) electrons. The van der Waals surface area contributed by atoms with Crippen LogP contribution in [-0.2, 0) is 4.74 Å². The van der Waals surface area contributed by atoms with Crippen molar-refractivity contribution in [3.8, 4) is 11.1 Å². The number of hydrogen-bond acceptors (Lipinski definition) is 3. The van der Waals surface area contributed by atoms with Gasteiger partial charge in [0.05, 0.1) is 5.60 Å². The van der Waals surface area contributed by atoms with Crippen LogP contribution in [0.5, 0.6) is 0 Å². The number of benzene rings is 2. The van der Waals surface area contributed by atoms with Gasteiger partial charge in [0, 0.05) is 12.5 Å². The lowest BCUT2D eigenvalue weighted by Crippen LogP contribution is -2.41. The quantitative estimate of drug-likeness (QED) is 0.834. The Balaban J connectivity index is 1.65. The average Bonchev–Trinajstić information content (AvgIpc) is 2.92. The van der Waals surface area contributed by atoms with Crippen molar-refractivity contribution in [3.05, 3.63) is 59.7 Å². The Morgan fingerprint density at radius 2 is 1.68 bits per heavy atom. The molecule has 0 fully saturated rings. The third kappa shape index (κ3) is 3.85. The van der Waals surface area contributed by atoms with Crippen molar-refractivity contribution in [2.24, 2.45) is 0 Å². The maximum atomic E-state index is 12.0. The van der Waals surface area contributed by atoms with E-state index in [0.717, 1.165) is 6.42 Å². The summed E-state index contributed by atoms with van der Waals surface area (Å²) in [6.45, 7) is 4.20. The molecule has 4 nitrogen and oxygen atoms in total. The lowest BCUT2D eigenvalue weighted by molar-refractivity contribution is 0.0471. The highest BCUT2D eigenvalue weighted by Crippen LogP contribution is 2.44. The molecule has 1 unspecified atom stereocenters. The van der Waals surface area contributed by atoms with Crippen molar-refractivity contribution < 1.29 is 14.6 Å². The minimum atomic E-state index is -0.902. The first-order chi connectivity index (χ1) is 12.0. The molecule has 2 N–H and O–H groups in total. The molecule has 2 aromatic rings. The predicted octanol–water partition coefficient (Wildman–Crippen LogP) is 4.08. The fourth-order valence-electron chi connectivity index (χ4n) is 3.54. The molecule has 0 heterocycles. The van der Waals surface area contributed by atoms with E-state index in [1.54, 1.807) is 6.92 Å². The second kappa shape index (κ2) is 7.28. The normalized spacial score (nSPS) is 15.2. The van der Waals surface area contributed by atoms with Crippen LogP contribution < -0.4 is 5.32 Å². The van der Waals surface area contributed by atoms with E-state index in [1.807, 2.05) is 31.2 Å². The molecule has 1 aliphatic rings. The van der Waals surface area contributed by atoms with Crippen LogP contribution in [-0.4, -0.2) is 30.0 Å². The molecule has 0 spiro atoms. The van der Waals surface area contributed by atoms with E-state index in [2.05, 4.69) is 29.6 Å². The molecule has 1 atom stereocenters. The summed E-state index contributed by atoms with van der Waals surface area (Å²) in [5, 5.41) is 12.8. The lowest BCUT2D eigenvalue weighted by atomic mass is 9.98. The fourth-order valence-corrected chi connectivity index (χ4v) is 3.54. The zero-order valence-electron chi connectivity index (χ0n) is 14.8. The summed E-state index contributed by atoms with van der Waals surface area (Å²) in [5.74, 6) is 0.0503. The molecule has 0 aliphatic heterocycles. The van der Waals surface area contributed by atoms with E-state index in [4.69, 9.17) is 4.74 Å². The van der Waals surface area contributed by atoms with Crippen LogP contribution in [0.4, 0.5) is 4.79 Å². The molecule has 0 saturated heterocycles. The number of ether oxygens (including phenoxy) is 1. The smallest absolute Gasteiger partial charge is 0.407 e. The Kier molecular flexibility index (Phi) is 5.09. The minimum absolute atomic E-state index is 0.0503. The van der Waals surface area contributed by atoms with E-state index in [1.165, 1.54) is 22.3 Å². The number of fused-ring (bicyclic) bond motifs is 3. The molecule has 0 aromatic heterocycles. The van der Waals surface area contributed by atoms with Crippen LogP contribution in [0, 0.1) is 0 Å². The summed E-state index contributed by atoms with van der Waals surface area (Å²) in [6.07, 6.45) is 1.01. The predicted molar refractivity (Wildman–Crippen MR) is 98.6 cm³/mol. The Morgan fingerprint density at radius 1 is 1.12 bits per heavy atom. The third-order valence-electron chi connectivity index (χ3n) is 4.75. The van der Waals surface area contributed by atoms with Crippen LogP contribution in [0.2, 0.25) is 0 Å². The summed E-state index contributed by atoms with van der Waals surface area (Å²) >= 11 is 0. The highest BCUT2D eigenvalue weighted by molar-refractivity contribution is 5.79. The zero-order chi connectivity index (χ0) is 17.9. The lowest BCUT2D eigenvalue weighted by Gasteiger charge is -2.23. The van der Waals surface area contributed by atoms with Crippen LogP contribution in [0.1, 0.15) is 43.7 Å². The minimum Gasteiger partial charge on any atom is -0.449 e. The summed E-state index contributed by atoms with van der Waals surface area (Å²) in [6, 6.07) is 16.5. The van der Waals surface area contributed by atoms with E-state index in [9.17, 15) is 9.90 Å². The summed E-state index contributed by atoms with van der Waals surface area (Å²) in [4.78, 5) is 12.0. The molecule has 0 bridgehead atoms. The van der Waals surface area contributed by atoms with Crippen molar-refractivity contribution >= 4 is 6.09 Å². The van der Waals surface area contributed by atoms with Crippen molar-refractivity contribution in [1.82, 2.24) is 5.32 Å². The first-order valence-electron chi connectivity index (χ1n) is 8.83. The monoisotopic (exact) mass is 339 g/mol. The van der Waals surface area contributed by atoms with Gasteiger partial charge < -0.3 is 15.2 Å². The van der Waals surface area contributed by atoms with Crippen molar-refractivity contribution in [1.29, 1.82) is 0 Å². The highest BCUT2D eigenvalue weighted by Gasteiger charge is 2.29. The van der Waals surface area contributed by atoms with Gasteiger partial charge in [0.1, 0.15) is 6.61 Å². The number of carbonyl (C=O) groups is 1. The number of hydrogen-bond donors (Lipinski definition) is 2. The Labute approximate surface area is 148 Å². The average molecular weight is 339 g/mol. The van der Waals surface area contributed by atoms with Crippen LogP contribution >= 0.6 is 0 Å². The van der Waals surface area contributed by atoms with Gasteiger partial charge in [0.15, 0.2) is 0 Å². The third-order valence-corrected chi connectivity index (χ3v) is 4.75. The van der Waals surface area contributed by atoms with Gasteiger partial charge in [-0.05, 0) is 35.6 Å². The number of alkyl carbamates (subject to hydrolysis) is 1. The van der Waals surface area contributed by atoms with Crippen molar-refractivity contribution in [3.63, 3.8) is 0 Å². The van der Waals surface area contributed by atoms with Crippen LogP contribution in [0.25, 0.3) is 11.1 Å². The number of nitrogens with one attached hydrogen (secondary N) is 1. The molecular weight excluding hydrogens is 314 g/mol. The van der Waals surface area contributed by atoms with Gasteiger partial charge in [-0.25, -0.2) is 4.79 Å². The molecule has 3 rings (SSSR count). The number of carbonyl (C=O) groups excluding carboxylic acids is 1. The maximum absolute atomic E-state index is 12.0. The highest BCUT2D eigenvalue weighted by atomic mass is 16.5. The summed E-state index contributed by atoms with van der Waals surface area (Å²) < 4.78 is 5.45. The largest absolute Gasteiger partial charge is 0.449 e. The van der Waals surface area contributed by atoms with Crippen molar-refractivity contribution in [2.75, 3.05) is 13.2 Å². The molecule has 25 heavy (non-hydrogen) atoms. The zero-order valence-corrected chi connectivity index (χ0v) is 14.8. The van der Waals surface area contributed by atoms with E-state index in [-0.39, 0.29) is 19.1 Å². The van der Waals surface area contributed by atoms with Gasteiger partial charge in [0.2, 0.25) is 0 Å². The van der Waals surface area contributed by atoms with Gasteiger partial charge in [-0.2, -0.15) is 0 Å². The summed E-state index contributed by atoms with van der Waals surface area (Å²) in [5.41, 5.74) is 3.89. The fraction of sp³-hybridized carbons (Fsp3) is 0.381. The first-order valence-corrected chi connectivity index (χ1v) is 8.83. The molecule has 1 aliphatic carbocycles. The molecule has 2 aromatic carbocycles. The molecular formula is C21H25NO3. The SMILES string of the molecule is CCCC(C)(O)CNC(=O)OCC1c2ccccc2-c2ccccc21. The van der Waals surface area contributed by atoms with E-state index < -0.39 is 11.7 Å². The van der Waals surface area contributed by atoms with Gasteiger partial charge in [-0.15, -0.1) is 0 Å². The first kappa shape index (κ1) is 17.5. The van der Waals surface area contributed by atoms with Gasteiger partial charge in [-0.1, -0.05) is 61.9 Å². The van der Waals surface area contributed by atoms with Gasteiger partial charge in [0.25, 0.3) is 0 Å². The molecule has 132 valence electrons.